The fraction of sp³-hybridized carbons (Fsp3) is 0.0909. The number of halogens is 5. The van der Waals surface area contributed by atoms with Gasteiger partial charge in [0.15, 0.2) is 10.8 Å². The molecule has 9 heteroatoms. The lowest BCUT2D eigenvalue weighted by Gasteiger charge is -2.04. The minimum atomic E-state index is -4.59. The molecule has 0 saturated carbocycles. The number of nitrogens with one attached hydrogen (secondary N) is 1. The van der Waals surface area contributed by atoms with Crippen molar-refractivity contribution >= 4 is 34.0 Å². The van der Waals surface area contributed by atoms with Gasteiger partial charge in [-0.3, -0.25) is 10.1 Å². The number of thiazole rings is 1. The molecule has 0 radical (unpaired) electrons. The zero-order chi connectivity index (χ0) is 14.9. The average Bonchev–Trinajstić information content (AvgIpc) is 2.76. The van der Waals surface area contributed by atoms with E-state index in [9.17, 15) is 22.4 Å². The highest BCUT2D eigenvalue weighted by Crippen LogP contribution is 2.31. The topological polar surface area (TPSA) is 42.0 Å². The van der Waals surface area contributed by atoms with Crippen molar-refractivity contribution in [1.82, 2.24) is 4.98 Å². The number of hydrogen-bond donors (Lipinski definition) is 1. The van der Waals surface area contributed by atoms with Crippen LogP contribution < -0.4 is 5.32 Å². The largest absolute Gasteiger partial charge is 0.434 e. The maximum atomic E-state index is 13.5. The Bertz CT molecular complexity index is 656. The van der Waals surface area contributed by atoms with Crippen LogP contribution in [0.4, 0.5) is 22.7 Å². The van der Waals surface area contributed by atoms with Gasteiger partial charge >= 0.3 is 6.18 Å². The summed E-state index contributed by atoms with van der Waals surface area (Å²) in [5.41, 5.74) is -1.45. The standard InChI is InChI=1S/C11H5ClF4N2OS/c12-5-1-2-6(7(13)3-5)9(19)18-10-17-8(4-20-10)11(14,15)16/h1-4H,(H,17,18,19). The normalized spacial score (nSPS) is 11.4. The van der Waals surface area contributed by atoms with Crippen LogP contribution in [-0.4, -0.2) is 10.9 Å². The van der Waals surface area contributed by atoms with Crippen LogP contribution in [0.2, 0.25) is 5.02 Å². The van der Waals surface area contributed by atoms with Gasteiger partial charge in [0, 0.05) is 10.4 Å². The van der Waals surface area contributed by atoms with Crippen LogP contribution in [0.25, 0.3) is 0 Å². The first-order chi connectivity index (χ1) is 9.27. The third-order valence-corrected chi connectivity index (χ3v) is 3.18. The summed E-state index contributed by atoms with van der Waals surface area (Å²) >= 11 is 6.13. The Morgan fingerprint density at radius 1 is 1.35 bits per heavy atom. The van der Waals surface area contributed by atoms with Gasteiger partial charge in [0.25, 0.3) is 5.91 Å². The van der Waals surface area contributed by atoms with Crippen molar-refractivity contribution in [2.24, 2.45) is 0 Å². The summed E-state index contributed by atoms with van der Waals surface area (Å²) in [7, 11) is 0. The van der Waals surface area contributed by atoms with Gasteiger partial charge in [0.2, 0.25) is 0 Å². The summed E-state index contributed by atoms with van der Waals surface area (Å²) in [6, 6.07) is 3.35. The Morgan fingerprint density at radius 2 is 2.05 bits per heavy atom. The van der Waals surface area contributed by atoms with Gasteiger partial charge in [-0.1, -0.05) is 11.6 Å². The summed E-state index contributed by atoms with van der Waals surface area (Å²) in [5.74, 6) is -1.77. The molecule has 1 N–H and O–H groups in total. The van der Waals surface area contributed by atoms with Crippen LogP contribution in [0, 0.1) is 5.82 Å². The van der Waals surface area contributed by atoms with Crippen molar-refractivity contribution in [1.29, 1.82) is 0 Å². The van der Waals surface area contributed by atoms with Gasteiger partial charge in [-0.25, -0.2) is 9.37 Å². The monoisotopic (exact) mass is 324 g/mol. The SMILES string of the molecule is O=C(Nc1nc(C(F)(F)F)cs1)c1ccc(Cl)cc1F. The molecule has 0 bridgehead atoms. The van der Waals surface area contributed by atoms with Gasteiger partial charge < -0.3 is 0 Å². The molecule has 106 valence electrons. The molecular weight excluding hydrogens is 320 g/mol. The third kappa shape index (κ3) is 3.26. The number of anilines is 1. The van der Waals surface area contributed by atoms with Crippen LogP contribution in [0.15, 0.2) is 23.6 Å². The maximum Gasteiger partial charge on any atom is 0.434 e. The molecule has 2 rings (SSSR count). The number of carbonyl (C=O) groups excluding carboxylic acids is 1. The zero-order valence-electron chi connectivity index (χ0n) is 9.46. The maximum absolute atomic E-state index is 13.5. The van der Waals surface area contributed by atoms with E-state index in [4.69, 9.17) is 11.6 Å². The summed E-state index contributed by atoms with van der Waals surface area (Å²) in [4.78, 5) is 14.9. The molecule has 1 amide bonds. The fourth-order valence-corrected chi connectivity index (χ4v) is 2.17. The second kappa shape index (κ2) is 5.37. The van der Waals surface area contributed by atoms with Crippen molar-refractivity contribution in [2.75, 3.05) is 5.32 Å². The molecule has 20 heavy (non-hydrogen) atoms. The molecule has 0 atom stereocenters. The Labute approximate surface area is 119 Å². The van der Waals surface area contributed by atoms with E-state index in [0.29, 0.717) is 11.3 Å². The Kier molecular flexibility index (Phi) is 3.96. The molecule has 3 nitrogen and oxygen atoms in total. The first-order valence-electron chi connectivity index (χ1n) is 5.06. The molecule has 0 aliphatic carbocycles. The molecule has 0 aliphatic heterocycles. The number of hydrogen-bond acceptors (Lipinski definition) is 3. The molecule has 0 saturated heterocycles. The zero-order valence-corrected chi connectivity index (χ0v) is 11.0. The molecule has 1 aromatic heterocycles. The number of alkyl halides is 3. The molecule has 0 fully saturated rings. The van der Waals surface area contributed by atoms with E-state index in [1.165, 1.54) is 6.07 Å². The highest BCUT2D eigenvalue weighted by atomic mass is 35.5. The second-order valence-corrected chi connectivity index (χ2v) is 4.91. The van der Waals surface area contributed by atoms with Crippen molar-refractivity contribution in [3.63, 3.8) is 0 Å². The minimum Gasteiger partial charge on any atom is -0.298 e. The van der Waals surface area contributed by atoms with E-state index in [1.807, 2.05) is 0 Å². The lowest BCUT2D eigenvalue weighted by Crippen LogP contribution is -2.14. The van der Waals surface area contributed by atoms with Gasteiger partial charge in [-0.15, -0.1) is 11.3 Å². The predicted octanol–water partition coefficient (Wildman–Crippen LogP) is 4.21. The van der Waals surface area contributed by atoms with Crippen molar-refractivity contribution in [3.05, 3.63) is 45.7 Å². The highest BCUT2D eigenvalue weighted by Gasteiger charge is 2.34. The lowest BCUT2D eigenvalue weighted by molar-refractivity contribution is -0.140. The Morgan fingerprint density at radius 3 is 2.60 bits per heavy atom. The Balaban J connectivity index is 2.17. The van der Waals surface area contributed by atoms with Gasteiger partial charge in [0.1, 0.15) is 5.82 Å². The summed E-state index contributed by atoms with van der Waals surface area (Å²) in [6.07, 6.45) is -4.59. The Hall–Kier alpha value is -1.67. The summed E-state index contributed by atoms with van der Waals surface area (Å²) in [5, 5.41) is 2.69. The number of aromatic nitrogens is 1. The first kappa shape index (κ1) is 14.7. The first-order valence-corrected chi connectivity index (χ1v) is 6.32. The molecule has 0 spiro atoms. The van der Waals surface area contributed by atoms with E-state index in [2.05, 4.69) is 10.3 Å². The van der Waals surface area contributed by atoms with Crippen molar-refractivity contribution in [3.8, 4) is 0 Å². The van der Waals surface area contributed by atoms with Gasteiger partial charge in [-0.2, -0.15) is 13.2 Å². The van der Waals surface area contributed by atoms with Crippen LogP contribution in [0.1, 0.15) is 16.1 Å². The average molecular weight is 325 g/mol. The molecule has 2 aromatic rings. The van der Waals surface area contributed by atoms with Crippen molar-refractivity contribution in [2.45, 2.75) is 6.18 Å². The highest BCUT2D eigenvalue weighted by molar-refractivity contribution is 7.14. The summed E-state index contributed by atoms with van der Waals surface area (Å²) < 4.78 is 50.4. The number of rotatable bonds is 2. The van der Waals surface area contributed by atoms with Gasteiger partial charge in [-0.05, 0) is 18.2 Å². The molecule has 0 unspecified atom stereocenters. The fourth-order valence-electron chi connectivity index (χ4n) is 1.30. The number of amides is 1. The lowest BCUT2D eigenvalue weighted by atomic mass is 10.2. The number of benzene rings is 1. The molecule has 1 aromatic carbocycles. The van der Waals surface area contributed by atoms with Crippen LogP contribution >= 0.6 is 22.9 Å². The van der Waals surface area contributed by atoms with Crippen LogP contribution in [-0.2, 0) is 6.18 Å². The van der Waals surface area contributed by atoms with Crippen LogP contribution in [0.5, 0.6) is 0 Å². The predicted molar refractivity (Wildman–Crippen MR) is 66.5 cm³/mol. The number of nitrogens with zero attached hydrogens (tertiary/aromatic N) is 1. The number of carbonyl (C=O) groups is 1. The molecular formula is C11H5ClF4N2OS. The van der Waals surface area contributed by atoms with Crippen molar-refractivity contribution < 1.29 is 22.4 Å². The smallest absolute Gasteiger partial charge is 0.298 e. The quantitative estimate of drug-likeness (QED) is 0.841. The third-order valence-electron chi connectivity index (χ3n) is 2.19. The van der Waals surface area contributed by atoms with E-state index >= 15 is 0 Å². The van der Waals surface area contributed by atoms with E-state index in [1.54, 1.807) is 0 Å². The van der Waals surface area contributed by atoms with Crippen LogP contribution in [0.3, 0.4) is 0 Å². The minimum absolute atomic E-state index is 0.104. The van der Waals surface area contributed by atoms with E-state index < -0.39 is 23.6 Å². The molecule has 1 heterocycles. The second-order valence-electron chi connectivity index (χ2n) is 3.61. The van der Waals surface area contributed by atoms with Gasteiger partial charge in [0.05, 0.1) is 5.56 Å². The van der Waals surface area contributed by atoms with E-state index in [0.717, 1.165) is 17.5 Å². The van der Waals surface area contributed by atoms with E-state index in [-0.39, 0.29) is 15.7 Å². The summed E-state index contributed by atoms with van der Waals surface area (Å²) in [6.45, 7) is 0. The molecule has 0 aliphatic rings.